The van der Waals surface area contributed by atoms with Crippen LogP contribution in [0.3, 0.4) is 0 Å². The van der Waals surface area contributed by atoms with Crippen molar-refractivity contribution < 1.29 is 22.4 Å². The van der Waals surface area contributed by atoms with Crippen LogP contribution in [0.15, 0.2) is 65.1 Å². The molecule has 3 rings (SSSR count). The molecule has 1 heterocycles. The number of hydrogen-bond acceptors (Lipinski definition) is 3. The molecule has 0 fully saturated rings. The van der Waals surface area contributed by atoms with Crippen molar-refractivity contribution in [2.24, 2.45) is 0 Å². The van der Waals surface area contributed by atoms with E-state index in [4.69, 9.17) is 4.42 Å². The average molecular weight is 388 g/mol. The molecule has 7 heteroatoms. The Morgan fingerprint density at radius 1 is 1.00 bits per heavy atom. The first kappa shape index (κ1) is 19.7. The molecule has 0 radical (unpaired) electrons. The minimum absolute atomic E-state index is 0.136. The van der Waals surface area contributed by atoms with E-state index in [0.717, 1.165) is 23.4 Å². The Labute approximate surface area is 160 Å². The Morgan fingerprint density at radius 3 is 2.54 bits per heavy atom. The largest absolute Gasteiger partial charge is 0.460 e. The lowest BCUT2D eigenvalue weighted by Crippen LogP contribution is -2.12. The highest BCUT2D eigenvalue weighted by Gasteiger charge is 2.30. The summed E-state index contributed by atoms with van der Waals surface area (Å²) in [7, 11) is 0. The van der Waals surface area contributed by atoms with Crippen molar-refractivity contribution in [1.29, 1.82) is 0 Å². The van der Waals surface area contributed by atoms with Gasteiger partial charge in [0.2, 0.25) is 5.91 Å². The van der Waals surface area contributed by atoms with Crippen molar-refractivity contribution in [3.05, 3.63) is 77.6 Å². The molecule has 28 heavy (non-hydrogen) atoms. The van der Waals surface area contributed by atoms with Crippen LogP contribution in [0.4, 0.5) is 18.9 Å². The summed E-state index contributed by atoms with van der Waals surface area (Å²) in [6, 6.07) is 15.9. The molecule has 1 aromatic heterocycles. The van der Waals surface area contributed by atoms with Crippen molar-refractivity contribution in [2.75, 3.05) is 5.32 Å². The zero-order valence-electron chi connectivity index (χ0n) is 15.1. The van der Waals surface area contributed by atoms with E-state index in [1.54, 1.807) is 24.3 Å². The van der Waals surface area contributed by atoms with Crippen molar-refractivity contribution in [3.63, 3.8) is 0 Å². The Balaban J connectivity index is 1.61. The fourth-order valence-corrected chi connectivity index (χ4v) is 2.77. The van der Waals surface area contributed by atoms with Crippen LogP contribution in [-0.4, -0.2) is 5.91 Å². The van der Waals surface area contributed by atoms with Crippen LogP contribution in [0.1, 0.15) is 23.8 Å². The van der Waals surface area contributed by atoms with Gasteiger partial charge in [-0.3, -0.25) is 4.79 Å². The maximum absolute atomic E-state index is 12.9. The summed E-state index contributed by atoms with van der Waals surface area (Å²) in [5.41, 5.74) is 1.37. The van der Waals surface area contributed by atoms with E-state index in [2.05, 4.69) is 10.6 Å². The van der Waals surface area contributed by atoms with Crippen molar-refractivity contribution in [2.45, 2.75) is 26.2 Å². The normalized spacial score (nSPS) is 11.4. The SMILES string of the molecule is CC(=O)Nc1cccc(CNCc2ccc(-c3cccc(C(F)(F)F)c3)o2)c1. The fraction of sp³-hybridized carbons (Fsp3) is 0.190. The van der Waals surface area contributed by atoms with Crippen LogP contribution in [0.2, 0.25) is 0 Å². The van der Waals surface area contributed by atoms with Crippen molar-refractivity contribution in [3.8, 4) is 11.3 Å². The van der Waals surface area contributed by atoms with Gasteiger partial charge in [-0.2, -0.15) is 13.2 Å². The summed E-state index contributed by atoms with van der Waals surface area (Å²) in [5.74, 6) is 0.865. The molecule has 0 spiro atoms. The third-order valence-corrected chi connectivity index (χ3v) is 4.01. The third-order valence-electron chi connectivity index (χ3n) is 4.01. The van der Waals surface area contributed by atoms with E-state index in [1.807, 2.05) is 18.2 Å². The Hall–Kier alpha value is -3.06. The molecule has 0 saturated carbocycles. The molecule has 4 nitrogen and oxygen atoms in total. The average Bonchev–Trinajstić information content (AvgIpc) is 3.10. The van der Waals surface area contributed by atoms with Crippen LogP contribution < -0.4 is 10.6 Å². The van der Waals surface area contributed by atoms with Crippen LogP contribution in [-0.2, 0) is 24.1 Å². The monoisotopic (exact) mass is 388 g/mol. The molecule has 0 aliphatic carbocycles. The molecular formula is C21H19F3N2O2. The number of rotatable bonds is 6. The van der Waals surface area contributed by atoms with E-state index < -0.39 is 11.7 Å². The number of nitrogens with one attached hydrogen (secondary N) is 2. The first-order valence-electron chi connectivity index (χ1n) is 8.65. The predicted octanol–water partition coefficient (Wildman–Crippen LogP) is 5.21. The summed E-state index contributed by atoms with van der Waals surface area (Å²) < 4.78 is 44.2. The molecular weight excluding hydrogens is 369 g/mol. The minimum Gasteiger partial charge on any atom is -0.460 e. The zero-order valence-corrected chi connectivity index (χ0v) is 15.1. The van der Waals surface area contributed by atoms with Gasteiger partial charge in [0.1, 0.15) is 11.5 Å². The number of benzene rings is 2. The Kier molecular flexibility index (Phi) is 5.84. The second-order valence-corrected chi connectivity index (χ2v) is 6.33. The zero-order chi connectivity index (χ0) is 20.1. The van der Waals surface area contributed by atoms with Gasteiger partial charge < -0.3 is 15.1 Å². The molecule has 1 amide bonds. The topological polar surface area (TPSA) is 54.3 Å². The summed E-state index contributed by atoms with van der Waals surface area (Å²) in [6.45, 7) is 2.42. The molecule has 0 aliphatic heterocycles. The van der Waals surface area contributed by atoms with Gasteiger partial charge in [0.25, 0.3) is 0 Å². The predicted molar refractivity (Wildman–Crippen MR) is 100 cm³/mol. The van der Waals surface area contributed by atoms with E-state index >= 15 is 0 Å². The summed E-state index contributed by atoms with van der Waals surface area (Å²) in [5, 5.41) is 5.94. The second-order valence-electron chi connectivity index (χ2n) is 6.33. The number of carbonyl (C=O) groups is 1. The molecule has 2 aromatic carbocycles. The highest BCUT2D eigenvalue weighted by Crippen LogP contribution is 2.32. The first-order chi connectivity index (χ1) is 13.3. The van der Waals surface area contributed by atoms with E-state index in [1.165, 1.54) is 13.0 Å². The van der Waals surface area contributed by atoms with Gasteiger partial charge in [-0.15, -0.1) is 0 Å². The standard InChI is InChI=1S/C21H19F3N2O2/c1-14(27)26-18-7-2-4-15(10-18)12-25-13-19-8-9-20(28-19)16-5-3-6-17(11-16)21(22,23)24/h2-11,25H,12-13H2,1H3,(H,26,27). The van der Waals surface area contributed by atoms with Gasteiger partial charge in [0, 0.05) is 24.7 Å². The smallest absolute Gasteiger partial charge is 0.416 e. The first-order valence-corrected chi connectivity index (χ1v) is 8.65. The lowest BCUT2D eigenvalue weighted by Gasteiger charge is -2.08. The number of hydrogen-bond donors (Lipinski definition) is 2. The molecule has 0 atom stereocenters. The maximum Gasteiger partial charge on any atom is 0.416 e. The molecule has 0 bridgehead atoms. The van der Waals surface area contributed by atoms with E-state index in [9.17, 15) is 18.0 Å². The Bertz CT molecular complexity index is 964. The maximum atomic E-state index is 12.9. The molecule has 2 N–H and O–H groups in total. The van der Waals surface area contributed by atoms with E-state index in [-0.39, 0.29) is 5.91 Å². The van der Waals surface area contributed by atoms with Crippen molar-refractivity contribution in [1.82, 2.24) is 5.32 Å². The van der Waals surface area contributed by atoms with Crippen LogP contribution in [0.25, 0.3) is 11.3 Å². The minimum atomic E-state index is -4.39. The number of alkyl halides is 3. The summed E-state index contributed by atoms with van der Waals surface area (Å²) in [4.78, 5) is 11.1. The number of halogens is 3. The molecule has 3 aromatic rings. The lowest BCUT2D eigenvalue weighted by atomic mass is 10.1. The highest BCUT2D eigenvalue weighted by atomic mass is 19.4. The van der Waals surface area contributed by atoms with Gasteiger partial charge in [-0.25, -0.2) is 0 Å². The third kappa shape index (κ3) is 5.23. The molecule has 146 valence electrons. The van der Waals surface area contributed by atoms with E-state index in [0.29, 0.717) is 30.2 Å². The molecule has 0 saturated heterocycles. The van der Waals surface area contributed by atoms with Gasteiger partial charge >= 0.3 is 6.18 Å². The van der Waals surface area contributed by atoms with Crippen LogP contribution in [0, 0.1) is 0 Å². The van der Waals surface area contributed by atoms with Gasteiger partial charge in [0.15, 0.2) is 0 Å². The summed E-state index contributed by atoms with van der Waals surface area (Å²) in [6.07, 6.45) is -4.39. The van der Waals surface area contributed by atoms with Gasteiger partial charge in [-0.05, 0) is 42.0 Å². The summed E-state index contributed by atoms with van der Waals surface area (Å²) >= 11 is 0. The second kappa shape index (κ2) is 8.31. The quantitative estimate of drug-likeness (QED) is 0.609. The van der Waals surface area contributed by atoms with Crippen molar-refractivity contribution >= 4 is 11.6 Å². The lowest BCUT2D eigenvalue weighted by molar-refractivity contribution is -0.137. The van der Waals surface area contributed by atoms with Gasteiger partial charge in [0.05, 0.1) is 12.1 Å². The molecule has 0 aliphatic rings. The number of furan rings is 1. The highest BCUT2D eigenvalue weighted by molar-refractivity contribution is 5.88. The molecule has 0 unspecified atom stereocenters. The number of anilines is 1. The number of amides is 1. The van der Waals surface area contributed by atoms with Crippen LogP contribution in [0.5, 0.6) is 0 Å². The number of carbonyl (C=O) groups excluding carboxylic acids is 1. The van der Waals surface area contributed by atoms with Crippen LogP contribution >= 0.6 is 0 Å². The van der Waals surface area contributed by atoms with Gasteiger partial charge in [-0.1, -0.05) is 24.3 Å². The Morgan fingerprint density at radius 2 is 1.79 bits per heavy atom. The fourth-order valence-electron chi connectivity index (χ4n) is 2.77.